The number of hydrogen-bond donors (Lipinski definition) is 0. The molecule has 3 heteroatoms. The van der Waals surface area contributed by atoms with Crippen molar-refractivity contribution in [2.24, 2.45) is 0 Å². The van der Waals surface area contributed by atoms with E-state index in [1.165, 1.54) is 27.8 Å². The molecule has 0 N–H and O–H groups in total. The van der Waals surface area contributed by atoms with E-state index in [9.17, 15) is 0 Å². The SMILES string of the molecule is Clc1ccc2c(c1)C(c1ccccc1)(c1ccccc1)c1ccc3c(oc4ccccc43)c1-2.S. The van der Waals surface area contributed by atoms with E-state index in [4.69, 9.17) is 16.0 Å². The standard InChI is InChI=1S/C31H19ClO.H2S/c32-22-15-16-25-27(19-22)31(20-9-3-1-4-10-20,21-11-5-2-6-12-21)26-18-17-24-23-13-7-8-14-28(23)33-30(24)29(25)26;/h1-19H;1H2. The molecule has 0 atom stereocenters. The van der Waals surface area contributed by atoms with Crippen LogP contribution < -0.4 is 0 Å². The first-order chi connectivity index (χ1) is 16.3. The van der Waals surface area contributed by atoms with Crippen molar-refractivity contribution in [3.05, 3.63) is 143 Å². The fraction of sp³-hybridized carbons (Fsp3) is 0.0323. The van der Waals surface area contributed by atoms with E-state index < -0.39 is 5.41 Å². The fourth-order valence-electron chi connectivity index (χ4n) is 5.72. The lowest BCUT2D eigenvalue weighted by Crippen LogP contribution is -2.28. The summed E-state index contributed by atoms with van der Waals surface area (Å²) in [6, 6.07) is 40.5. The monoisotopic (exact) mass is 476 g/mol. The molecule has 0 radical (unpaired) electrons. The van der Waals surface area contributed by atoms with Crippen molar-refractivity contribution in [2.45, 2.75) is 5.41 Å². The van der Waals surface area contributed by atoms with E-state index >= 15 is 0 Å². The van der Waals surface area contributed by atoms with E-state index in [1.807, 2.05) is 18.2 Å². The van der Waals surface area contributed by atoms with Crippen LogP contribution in [-0.2, 0) is 5.41 Å². The first-order valence-corrected chi connectivity index (χ1v) is 11.5. The molecule has 34 heavy (non-hydrogen) atoms. The average molecular weight is 477 g/mol. The summed E-state index contributed by atoms with van der Waals surface area (Å²) in [7, 11) is 0. The van der Waals surface area contributed by atoms with Crippen molar-refractivity contribution in [3.63, 3.8) is 0 Å². The minimum absolute atomic E-state index is 0. The van der Waals surface area contributed by atoms with E-state index in [0.717, 1.165) is 32.5 Å². The first kappa shape index (κ1) is 21.1. The van der Waals surface area contributed by atoms with Crippen LogP contribution in [0, 0.1) is 0 Å². The number of furan rings is 1. The lowest BCUT2D eigenvalue weighted by atomic mass is 9.67. The molecule has 1 nitrogen and oxygen atoms in total. The van der Waals surface area contributed by atoms with Crippen LogP contribution in [0.1, 0.15) is 22.3 Å². The Morgan fingerprint density at radius 1 is 0.588 bits per heavy atom. The molecule has 0 bridgehead atoms. The highest BCUT2D eigenvalue weighted by molar-refractivity contribution is 7.59. The van der Waals surface area contributed by atoms with Crippen molar-refractivity contribution in [1.82, 2.24) is 0 Å². The van der Waals surface area contributed by atoms with Gasteiger partial charge in [-0.05, 0) is 46.0 Å². The molecule has 6 aromatic rings. The van der Waals surface area contributed by atoms with Crippen molar-refractivity contribution in [1.29, 1.82) is 0 Å². The highest BCUT2D eigenvalue weighted by Gasteiger charge is 2.47. The Balaban J connectivity index is 0.00000217. The summed E-state index contributed by atoms with van der Waals surface area (Å²) >= 11 is 6.63. The summed E-state index contributed by atoms with van der Waals surface area (Å²) in [6.07, 6.45) is 0. The number of rotatable bonds is 2. The highest BCUT2D eigenvalue weighted by atomic mass is 35.5. The first-order valence-electron chi connectivity index (χ1n) is 11.1. The Morgan fingerprint density at radius 3 is 1.94 bits per heavy atom. The highest BCUT2D eigenvalue weighted by Crippen LogP contribution is 2.58. The minimum Gasteiger partial charge on any atom is -0.455 e. The molecule has 5 aromatic carbocycles. The molecule has 7 rings (SSSR count). The van der Waals surface area contributed by atoms with Crippen molar-refractivity contribution < 1.29 is 4.42 Å². The van der Waals surface area contributed by atoms with Gasteiger partial charge in [0.2, 0.25) is 0 Å². The Bertz CT molecular complexity index is 1630. The molecule has 0 saturated heterocycles. The quantitative estimate of drug-likeness (QED) is 0.243. The predicted octanol–water partition coefficient (Wildman–Crippen LogP) is 8.72. The van der Waals surface area contributed by atoms with Crippen LogP contribution in [-0.4, -0.2) is 0 Å². The van der Waals surface area contributed by atoms with Crippen molar-refractivity contribution >= 4 is 47.0 Å². The van der Waals surface area contributed by atoms with Crippen LogP contribution in [0.2, 0.25) is 5.02 Å². The summed E-state index contributed by atoms with van der Waals surface area (Å²) in [4.78, 5) is 0. The Morgan fingerprint density at radius 2 is 1.24 bits per heavy atom. The average Bonchev–Trinajstić information content (AvgIpc) is 3.38. The molecule has 1 aromatic heterocycles. The maximum Gasteiger partial charge on any atom is 0.143 e. The lowest BCUT2D eigenvalue weighted by Gasteiger charge is -2.33. The Labute approximate surface area is 210 Å². The molecule has 1 aliphatic carbocycles. The van der Waals surface area contributed by atoms with Crippen LogP contribution in [0.3, 0.4) is 0 Å². The fourth-order valence-corrected chi connectivity index (χ4v) is 5.90. The van der Waals surface area contributed by atoms with Crippen molar-refractivity contribution in [2.75, 3.05) is 0 Å². The zero-order valence-electron chi connectivity index (χ0n) is 18.3. The third kappa shape index (κ3) is 2.70. The molecular formula is C31H21ClOS. The molecule has 1 heterocycles. The van der Waals surface area contributed by atoms with Crippen LogP contribution in [0.15, 0.2) is 120 Å². The topological polar surface area (TPSA) is 13.1 Å². The maximum atomic E-state index is 6.63. The summed E-state index contributed by atoms with van der Waals surface area (Å²) < 4.78 is 6.51. The predicted molar refractivity (Wildman–Crippen MR) is 146 cm³/mol. The minimum atomic E-state index is -0.481. The van der Waals surface area contributed by atoms with Gasteiger partial charge < -0.3 is 4.42 Å². The molecule has 0 fully saturated rings. The largest absolute Gasteiger partial charge is 0.455 e. The Kier molecular flexibility index (Phi) is 4.84. The number of hydrogen-bond acceptors (Lipinski definition) is 1. The molecule has 0 spiro atoms. The van der Waals surface area contributed by atoms with Crippen LogP contribution in [0.4, 0.5) is 0 Å². The van der Waals surface area contributed by atoms with Crippen LogP contribution in [0.5, 0.6) is 0 Å². The molecule has 1 aliphatic rings. The number of para-hydroxylation sites is 1. The van der Waals surface area contributed by atoms with Gasteiger partial charge >= 0.3 is 0 Å². The molecule has 0 saturated carbocycles. The molecule has 164 valence electrons. The van der Waals surface area contributed by atoms with Gasteiger partial charge in [-0.15, -0.1) is 0 Å². The second-order valence-corrected chi connectivity index (χ2v) is 9.07. The van der Waals surface area contributed by atoms with Crippen molar-refractivity contribution in [3.8, 4) is 11.1 Å². The van der Waals surface area contributed by atoms with Gasteiger partial charge in [0.15, 0.2) is 0 Å². The molecule has 0 aliphatic heterocycles. The summed E-state index contributed by atoms with van der Waals surface area (Å²) in [5.74, 6) is 0. The zero-order valence-corrected chi connectivity index (χ0v) is 20.0. The van der Waals surface area contributed by atoms with Gasteiger partial charge in [-0.3, -0.25) is 0 Å². The smallest absolute Gasteiger partial charge is 0.143 e. The second kappa shape index (κ2) is 7.80. The van der Waals surface area contributed by atoms with Gasteiger partial charge in [0.25, 0.3) is 0 Å². The van der Waals surface area contributed by atoms with Gasteiger partial charge in [-0.25, -0.2) is 0 Å². The third-order valence-electron chi connectivity index (χ3n) is 7.02. The molecular weight excluding hydrogens is 456 g/mol. The maximum absolute atomic E-state index is 6.63. The molecule has 0 amide bonds. The third-order valence-corrected chi connectivity index (χ3v) is 7.25. The van der Waals surface area contributed by atoms with E-state index in [1.54, 1.807) is 0 Å². The van der Waals surface area contributed by atoms with E-state index in [2.05, 4.69) is 97.1 Å². The number of halogens is 1. The number of benzene rings is 5. The van der Waals surface area contributed by atoms with Crippen LogP contribution >= 0.6 is 25.1 Å². The summed E-state index contributed by atoms with van der Waals surface area (Å²) in [6.45, 7) is 0. The number of fused-ring (bicyclic) bond motifs is 7. The van der Waals surface area contributed by atoms with Gasteiger partial charge in [0, 0.05) is 21.4 Å². The van der Waals surface area contributed by atoms with Gasteiger partial charge in [-0.1, -0.05) is 109 Å². The lowest BCUT2D eigenvalue weighted by molar-refractivity contribution is 0.669. The summed E-state index contributed by atoms with van der Waals surface area (Å²) in [5.41, 5.74) is 8.54. The summed E-state index contributed by atoms with van der Waals surface area (Å²) in [5, 5.41) is 3.02. The Hall–Kier alpha value is -3.46. The van der Waals surface area contributed by atoms with Gasteiger partial charge in [0.1, 0.15) is 11.2 Å². The normalized spacial score (nSPS) is 13.4. The second-order valence-electron chi connectivity index (χ2n) is 8.63. The van der Waals surface area contributed by atoms with Gasteiger partial charge in [-0.2, -0.15) is 13.5 Å². The van der Waals surface area contributed by atoms with E-state index in [0.29, 0.717) is 0 Å². The van der Waals surface area contributed by atoms with Crippen LogP contribution in [0.25, 0.3) is 33.1 Å². The zero-order chi connectivity index (χ0) is 22.0. The molecule has 0 unspecified atom stereocenters. The van der Waals surface area contributed by atoms with E-state index in [-0.39, 0.29) is 13.5 Å². The van der Waals surface area contributed by atoms with Gasteiger partial charge in [0.05, 0.1) is 5.41 Å².